The van der Waals surface area contributed by atoms with Crippen molar-refractivity contribution in [3.8, 4) is 5.75 Å². The van der Waals surface area contributed by atoms with E-state index in [0.717, 1.165) is 55.9 Å². The standard InChI is InChI=1S/C18H29N3O2/c1-3-19-18(20-11-4-12-23-14-16-5-6-16)21-13-15-7-9-17(22-2)10-8-15/h7-10,16H,3-6,11-14H2,1-2H3,(H2,19,20,21). The van der Waals surface area contributed by atoms with Gasteiger partial charge >= 0.3 is 0 Å². The van der Waals surface area contributed by atoms with Gasteiger partial charge in [0.2, 0.25) is 0 Å². The Morgan fingerprint density at radius 1 is 1.22 bits per heavy atom. The molecule has 1 aromatic rings. The van der Waals surface area contributed by atoms with Crippen LogP contribution in [0.4, 0.5) is 0 Å². The second-order valence-corrected chi connectivity index (χ2v) is 5.84. The summed E-state index contributed by atoms with van der Waals surface area (Å²) in [6.07, 6.45) is 3.70. The van der Waals surface area contributed by atoms with Gasteiger partial charge in [0.1, 0.15) is 5.75 Å². The van der Waals surface area contributed by atoms with Gasteiger partial charge < -0.3 is 20.1 Å². The highest BCUT2D eigenvalue weighted by Gasteiger charge is 2.20. The van der Waals surface area contributed by atoms with Gasteiger partial charge in [-0.3, -0.25) is 0 Å². The third-order valence-corrected chi connectivity index (χ3v) is 3.73. The summed E-state index contributed by atoms with van der Waals surface area (Å²) in [5.74, 6) is 2.56. The van der Waals surface area contributed by atoms with E-state index in [1.165, 1.54) is 12.8 Å². The topological polar surface area (TPSA) is 54.9 Å². The molecular formula is C18H29N3O2. The molecule has 0 saturated heterocycles. The molecule has 1 aliphatic rings. The van der Waals surface area contributed by atoms with E-state index >= 15 is 0 Å². The number of nitrogens with zero attached hydrogens (tertiary/aromatic N) is 1. The maximum absolute atomic E-state index is 5.64. The zero-order chi connectivity index (χ0) is 16.3. The van der Waals surface area contributed by atoms with Gasteiger partial charge in [0, 0.05) is 26.3 Å². The lowest BCUT2D eigenvalue weighted by molar-refractivity contribution is 0.123. The molecule has 5 nitrogen and oxygen atoms in total. The van der Waals surface area contributed by atoms with E-state index in [2.05, 4.69) is 22.5 Å². The molecule has 1 fully saturated rings. The zero-order valence-corrected chi connectivity index (χ0v) is 14.3. The minimum absolute atomic E-state index is 0.650. The first-order chi connectivity index (χ1) is 11.3. The van der Waals surface area contributed by atoms with E-state index in [0.29, 0.717) is 6.54 Å². The molecule has 0 unspecified atom stereocenters. The van der Waals surface area contributed by atoms with Crippen molar-refractivity contribution in [2.45, 2.75) is 32.7 Å². The summed E-state index contributed by atoms with van der Waals surface area (Å²) in [6, 6.07) is 8.00. The first-order valence-electron chi connectivity index (χ1n) is 8.54. The fourth-order valence-corrected chi connectivity index (χ4v) is 2.16. The molecule has 0 bridgehead atoms. The lowest BCUT2D eigenvalue weighted by Crippen LogP contribution is -2.38. The number of benzene rings is 1. The molecule has 0 radical (unpaired) electrons. The molecule has 1 aliphatic carbocycles. The van der Waals surface area contributed by atoms with Crippen molar-refractivity contribution in [3.05, 3.63) is 29.8 Å². The SMILES string of the molecule is CCNC(=NCc1ccc(OC)cc1)NCCCOCC1CC1. The number of hydrogen-bond donors (Lipinski definition) is 2. The fourth-order valence-electron chi connectivity index (χ4n) is 2.16. The van der Waals surface area contributed by atoms with Crippen LogP contribution in [0.25, 0.3) is 0 Å². The van der Waals surface area contributed by atoms with E-state index in [4.69, 9.17) is 9.47 Å². The second kappa shape index (κ2) is 10.1. The van der Waals surface area contributed by atoms with Crippen LogP contribution in [-0.2, 0) is 11.3 Å². The summed E-state index contributed by atoms with van der Waals surface area (Å²) >= 11 is 0. The van der Waals surface area contributed by atoms with E-state index in [9.17, 15) is 0 Å². The smallest absolute Gasteiger partial charge is 0.191 e. The second-order valence-electron chi connectivity index (χ2n) is 5.84. The number of nitrogens with one attached hydrogen (secondary N) is 2. The van der Waals surface area contributed by atoms with E-state index in [1.54, 1.807) is 7.11 Å². The lowest BCUT2D eigenvalue weighted by Gasteiger charge is -2.11. The van der Waals surface area contributed by atoms with Gasteiger partial charge in [-0.15, -0.1) is 0 Å². The third kappa shape index (κ3) is 7.37. The fraction of sp³-hybridized carbons (Fsp3) is 0.611. The number of rotatable bonds is 10. The van der Waals surface area contributed by atoms with Crippen molar-refractivity contribution in [1.82, 2.24) is 10.6 Å². The highest BCUT2D eigenvalue weighted by atomic mass is 16.5. The summed E-state index contributed by atoms with van der Waals surface area (Å²) in [5, 5.41) is 6.62. The Hall–Kier alpha value is -1.75. The van der Waals surface area contributed by atoms with Crippen LogP contribution < -0.4 is 15.4 Å². The average Bonchev–Trinajstić information content (AvgIpc) is 3.40. The van der Waals surface area contributed by atoms with Gasteiger partial charge in [-0.25, -0.2) is 4.99 Å². The number of hydrogen-bond acceptors (Lipinski definition) is 3. The molecule has 1 aromatic carbocycles. The van der Waals surface area contributed by atoms with Crippen LogP contribution in [0.3, 0.4) is 0 Å². The third-order valence-electron chi connectivity index (χ3n) is 3.73. The predicted octanol–water partition coefficient (Wildman–Crippen LogP) is 2.57. The monoisotopic (exact) mass is 319 g/mol. The van der Waals surface area contributed by atoms with Gasteiger partial charge in [-0.2, -0.15) is 0 Å². The summed E-state index contributed by atoms with van der Waals surface area (Å²) in [7, 11) is 1.68. The number of methoxy groups -OCH3 is 1. The highest BCUT2D eigenvalue weighted by molar-refractivity contribution is 5.79. The normalized spacial score (nSPS) is 14.6. The molecule has 2 N–H and O–H groups in total. The molecule has 0 aliphatic heterocycles. The molecule has 0 atom stereocenters. The van der Waals surface area contributed by atoms with Gasteiger partial charge in [-0.05, 0) is 49.8 Å². The molecule has 5 heteroatoms. The van der Waals surface area contributed by atoms with Gasteiger partial charge in [-0.1, -0.05) is 12.1 Å². The molecule has 0 spiro atoms. The van der Waals surface area contributed by atoms with Crippen LogP contribution in [-0.4, -0.2) is 39.4 Å². The maximum Gasteiger partial charge on any atom is 0.191 e. The maximum atomic E-state index is 5.64. The number of aliphatic imine (C=N–C) groups is 1. The summed E-state index contributed by atoms with van der Waals surface area (Å²) in [5.41, 5.74) is 1.16. The molecule has 0 aromatic heterocycles. The zero-order valence-electron chi connectivity index (χ0n) is 14.3. The molecule has 0 heterocycles. The highest BCUT2D eigenvalue weighted by Crippen LogP contribution is 2.28. The Morgan fingerprint density at radius 3 is 2.65 bits per heavy atom. The van der Waals surface area contributed by atoms with Crippen LogP contribution in [0.2, 0.25) is 0 Å². The molecule has 23 heavy (non-hydrogen) atoms. The van der Waals surface area contributed by atoms with Crippen molar-refractivity contribution < 1.29 is 9.47 Å². The summed E-state index contributed by atoms with van der Waals surface area (Å²) in [6.45, 7) is 6.21. The molecule has 128 valence electrons. The largest absolute Gasteiger partial charge is 0.497 e. The van der Waals surface area contributed by atoms with Crippen molar-refractivity contribution >= 4 is 5.96 Å². The lowest BCUT2D eigenvalue weighted by atomic mass is 10.2. The van der Waals surface area contributed by atoms with E-state index in [1.807, 2.05) is 24.3 Å². The quantitative estimate of drug-likeness (QED) is 0.395. The van der Waals surface area contributed by atoms with Crippen LogP contribution in [0.5, 0.6) is 5.75 Å². The van der Waals surface area contributed by atoms with E-state index in [-0.39, 0.29) is 0 Å². The van der Waals surface area contributed by atoms with Gasteiger partial charge in [0.15, 0.2) is 5.96 Å². The minimum Gasteiger partial charge on any atom is -0.497 e. The Kier molecular flexibility index (Phi) is 7.73. The summed E-state index contributed by atoms with van der Waals surface area (Å²) in [4.78, 5) is 4.61. The Bertz CT molecular complexity index is 470. The van der Waals surface area contributed by atoms with Crippen molar-refractivity contribution in [2.24, 2.45) is 10.9 Å². The van der Waals surface area contributed by atoms with Crippen LogP contribution >= 0.6 is 0 Å². The first-order valence-corrected chi connectivity index (χ1v) is 8.54. The Balaban J connectivity index is 1.67. The summed E-state index contributed by atoms with van der Waals surface area (Å²) < 4.78 is 10.8. The Morgan fingerprint density at radius 2 is 2.00 bits per heavy atom. The molecule has 2 rings (SSSR count). The van der Waals surface area contributed by atoms with Crippen molar-refractivity contribution in [3.63, 3.8) is 0 Å². The van der Waals surface area contributed by atoms with Crippen LogP contribution in [0.1, 0.15) is 31.7 Å². The molecular weight excluding hydrogens is 290 g/mol. The van der Waals surface area contributed by atoms with Crippen LogP contribution in [0, 0.1) is 5.92 Å². The Labute approximate surface area is 139 Å². The predicted molar refractivity (Wildman–Crippen MR) is 94.0 cm³/mol. The van der Waals surface area contributed by atoms with E-state index < -0.39 is 0 Å². The number of ether oxygens (including phenoxy) is 2. The number of guanidine groups is 1. The molecule has 1 saturated carbocycles. The average molecular weight is 319 g/mol. The van der Waals surface area contributed by atoms with Crippen molar-refractivity contribution in [2.75, 3.05) is 33.4 Å². The van der Waals surface area contributed by atoms with Gasteiger partial charge in [0.05, 0.1) is 13.7 Å². The van der Waals surface area contributed by atoms with Crippen molar-refractivity contribution in [1.29, 1.82) is 0 Å². The van der Waals surface area contributed by atoms with Gasteiger partial charge in [0.25, 0.3) is 0 Å². The van der Waals surface area contributed by atoms with Crippen LogP contribution in [0.15, 0.2) is 29.3 Å². The first kappa shape index (κ1) is 17.6. The molecule has 0 amide bonds. The minimum atomic E-state index is 0.650.